The van der Waals surface area contributed by atoms with E-state index in [0.29, 0.717) is 11.1 Å². The van der Waals surface area contributed by atoms with Crippen molar-refractivity contribution in [1.29, 1.82) is 0 Å². The third-order valence-corrected chi connectivity index (χ3v) is 2.06. The Hall–Kier alpha value is -1.45. The van der Waals surface area contributed by atoms with E-state index in [2.05, 4.69) is 4.98 Å². The van der Waals surface area contributed by atoms with Crippen LogP contribution in [0.15, 0.2) is 22.6 Å². The van der Waals surface area contributed by atoms with Crippen molar-refractivity contribution < 1.29 is 13.2 Å². The van der Waals surface area contributed by atoms with Gasteiger partial charge in [0.05, 0.1) is 0 Å². The lowest BCUT2D eigenvalue weighted by molar-refractivity contribution is 0.117. The number of hydrogen-bond donors (Lipinski definition) is 0. The summed E-state index contributed by atoms with van der Waals surface area (Å²) in [5.41, 5.74) is 1.98. The van der Waals surface area contributed by atoms with E-state index in [0.717, 1.165) is 12.0 Å². The highest BCUT2D eigenvalue weighted by atomic mass is 19.3. The fourth-order valence-electron chi connectivity index (χ4n) is 1.30. The van der Waals surface area contributed by atoms with E-state index < -0.39 is 12.3 Å². The molecule has 1 aromatic carbocycles. The van der Waals surface area contributed by atoms with Crippen molar-refractivity contribution in [2.24, 2.45) is 0 Å². The Morgan fingerprint density at radius 2 is 2.21 bits per heavy atom. The van der Waals surface area contributed by atoms with Crippen LogP contribution in [0.1, 0.15) is 24.8 Å². The Morgan fingerprint density at radius 3 is 2.86 bits per heavy atom. The summed E-state index contributed by atoms with van der Waals surface area (Å²) >= 11 is 0. The fourth-order valence-corrected chi connectivity index (χ4v) is 1.30. The van der Waals surface area contributed by atoms with Crippen LogP contribution in [-0.2, 0) is 6.42 Å². The molecule has 0 spiro atoms. The van der Waals surface area contributed by atoms with Crippen LogP contribution in [-0.4, -0.2) is 4.98 Å². The molecule has 0 N–H and O–H groups in total. The zero-order valence-electron chi connectivity index (χ0n) is 7.63. The third-order valence-electron chi connectivity index (χ3n) is 2.06. The lowest BCUT2D eigenvalue weighted by Gasteiger charge is -1.92. The van der Waals surface area contributed by atoms with E-state index in [1.807, 2.05) is 13.0 Å². The normalized spacial score (nSPS) is 11.4. The summed E-state index contributed by atoms with van der Waals surface area (Å²) in [6.45, 7) is 2.00. The van der Waals surface area contributed by atoms with Gasteiger partial charge in [0.25, 0.3) is 5.89 Å². The predicted octanol–water partition coefficient (Wildman–Crippen LogP) is 3.33. The van der Waals surface area contributed by atoms with E-state index in [1.54, 1.807) is 12.1 Å². The molecule has 2 aromatic rings. The topological polar surface area (TPSA) is 26.0 Å². The average Bonchev–Trinajstić information content (AvgIpc) is 2.59. The van der Waals surface area contributed by atoms with Crippen LogP contribution in [0.3, 0.4) is 0 Å². The standard InChI is InChI=1S/C10H9F2NO/c1-2-6-3-4-8-7(5-6)13-10(14-8)9(11)12/h3-5,9H,2H2,1H3. The summed E-state index contributed by atoms with van der Waals surface area (Å²) in [5, 5.41) is 0. The van der Waals surface area contributed by atoms with Crippen molar-refractivity contribution in [1.82, 2.24) is 4.98 Å². The molecule has 0 aliphatic carbocycles. The molecule has 0 aliphatic heterocycles. The third kappa shape index (κ3) is 1.47. The van der Waals surface area contributed by atoms with Crippen molar-refractivity contribution in [2.45, 2.75) is 19.8 Å². The van der Waals surface area contributed by atoms with E-state index in [1.165, 1.54) is 0 Å². The molecule has 2 nitrogen and oxygen atoms in total. The first kappa shape index (κ1) is 9.12. The number of fused-ring (bicyclic) bond motifs is 1. The molecule has 0 bridgehead atoms. The molecule has 1 heterocycles. The molecular formula is C10H9F2NO. The van der Waals surface area contributed by atoms with Crippen LogP contribution in [0.25, 0.3) is 11.1 Å². The summed E-state index contributed by atoms with van der Waals surface area (Å²) < 4.78 is 29.3. The lowest BCUT2D eigenvalue weighted by atomic mass is 10.1. The first-order valence-corrected chi connectivity index (χ1v) is 4.38. The molecule has 0 atom stereocenters. The Kier molecular flexibility index (Phi) is 2.19. The summed E-state index contributed by atoms with van der Waals surface area (Å²) in [6, 6.07) is 5.29. The number of rotatable bonds is 2. The summed E-state index contributed by atoms with van der Waals surface area (Å²) in [5.74, 6) is -0.506. The first-order chi connectivity index (χ1) is 6.70. The van der Waals surface area contributed by atoms with Crippen molar-refractivity contribution in [3.63, 3.8) is 0 Å². The Balaban J connectivity index is 2.54. The summed E-state index contributed by atoms with van der Waals surface area (Å²) in [6.07, 6.45) is -1.79. The van der Waals surface area contributed by atoms with Gasteiger partial charge in [-0.3, -0.25) is 0 Å². The maximum absolute atomic E-state index is 12.2. The van der Waals surface area contributed by atoms with Gasteiger partial charge in [-0.25, -0.2) is 4.98 Å². The number of aromatic nitrogens is 1. The molecule has 2 rings (SSSR count). The molecule has 14 heavy (non-hydrogen) atoms. The van der Waals surface area contributed by atoms with Gasteiger partial charge in [-0.2, -0.15) is 8.78 Å². The lowest BCUT2D eigenvalue weighted by Crippen LogP contribution is -1.81. The highest BCUT2D eigenvalue weighted by molar-refractivity contribution is 5.73. The Morgan fingerprint density at radius 1 is 1.43 bits per heavy atom. The maximum Gasteiger partial charge on any atom is 0.313 e. The van der Waals surface area contributed by atoms with Gasteiger partial charge in [-0.05, 0) is 24.1 Å². The van der Waals surface area contributed by atoms with Gasteiger partial charge in [0.2, 0.25) is 0 Å². The van der Waals surface area contributed by atoms with E-state index in [4.69, 9.17) is 4.42 Å². The fraction of sp³-hybridized carbons (Fsp3) is 0.300. The zero-order chi connectivity index (χ0) is 10.1. The Bertz CT molecular complexity index is 450. The molecule has 1 aromatic heterocycles. The van der Waals surface area contributed by atoms with Gasteiger partial charge in [-0.1, -0.05) is 13.0 Å². The quantitative estimate of drug-likeness (QED) is 0.738. The number of benzene rings is 1. The largest absolute Gasteiger partial charge is 0.435 e. The number of halogens is 2. The van der Waals surface area contributed by atoms with Gasteiger partial charge < -0.3 is 4.42 Å². The smallest absolute Gasteiger partial charge is 0.313 e. The maximum atomic E-state index is 12.2. The number of oxazole rings is 1. The van der Waals surface area contributed by atoms with Crippen LogP contribution in [0.2, 0.25) is 0 Å². The minimum atomic E-state index is -2.65. The van der Waals surface area contributed by atoms with E-state index >= 15 is 0 Å². The Labute approximate surface area is 79.6 Å². The second-order valence-corrected chi connectivity index (χ2v) is 3.01. The second kappa shape index (κ2) is 3.36. The highest BCUT2D eigenvalue weighted by Crippen LogP contribution is 2.24. The molecule has 0 fully saturated rings. The molecule has 0 aliphatic rings. The first-order valence-electron chi connectivity index (χ1n) is 4.38. The number of nitrogens with zero attached hydrogens (tertiary/aromatic N) is 1. The van der Waals surface area contributed by atoms with Crippen molar-refractivity contribution >= 4 is 11.1 Å². The van der Waals surface area contributed by atoms with Gasteiger partial charge >= 0.3 is 6.43 Å². The van der Waals surface area contributed by atoms with E-state index in [-0.39, 0.29) is 0 Å². The summed E-state index contributed by atoms with van der Waals surface area (Å²) in [7, 11) is 0. The van der Waals surface area contributed by atoms with Crippen molar-refractivity contribution in [2.75, 3.05) is 0 Å². The average molecular weight is 197 g/mol. The number of alkyl halides is 2. The molecule has 0 amide bonds. The van der Waals surface area contributed by atoms with Crippen LogP contribution in [0.4, 0.5) is 8.78 Å². The van der Waals surface area contributed by atoms with Crippen LogP contribution >= 0.6 is 0 Å². The predicted molar refractivity (Wildman–Crippen MR) is 48.3 cm³/mol. The molecule has 0 saturated carbocycles. The van der Waals surface area contributed by atoms with Gasteiger partial charge in [-0.15, -0.1) is 0 Å². The van der Waals surface area contributed by atoms with Gasteiger partial charge in [0, 0.05) is 0 Å². The van der Waals surface area contributed by atoms with Crippen molar-refractivity contribution in [3.05, 3.63) is 29.7 Å². The van der Waals surface area contributed by atoms with Crippen LogP contribution in [0, 0.1) is 0 Å². The highest BCUT2D eigenvalue weighted by Gasteiger charge is 2.15. The summed E-state index contributed by atoms with van der Waals surface area (Å²) in [4.78, 5) is 3.70. The number of aryl methyl sites for hydroxylation is 1. The monoisotopic (exact) mass is 197 g/mol. The molecule has 0 radical (unpaired) electrons. The molecule has 0 unspecified atom stereocenters. The SMILES string of the molecule is CCc1ccc2oc(C(F)F)nc2c1. The minimum Gasteiger partial charge on any atom is -0.435 e. The van der Waals surface area contributed by atoms with Crippen LogP contribution in [0.5, 0.6) is 0 Å². The number of hydrogen-bond acceptors (Lipinski definition) is 2. The van der Waals surface area contributed by atoms with Gasteiger partial charge in [0.1, 0.15) is 5.52 Å². The van der Waals surface area contributed by atoms with Crippen molar-refractivity contribution in [3.8, 4) is 0 Å². The van der Waals surface area contributed by atoms with Crippen LogP contribution < -0.4 is 0 Å². The molecular weight excluding hydrogens is 188 g/mol. The molecule has 4 heteroatoms. The van der Waals surface area contributed by atoms with Gasteiger partial charge in [0.15, 0.2) is 5.58 Å². The minimum absolute atomic E-state index is 0.414. The zero-order valence-corrected chi connectivity index (χ0v) is 7.63. The molecule has 0 saturated heterocycles. The van der Waals surface area contributed by atoms with E-state index in [9.17, 15) is 8.78 Å². The second-order valence-electron chi connectivity index (χ2n) is 3.01. The molecule has 74 valence electrons.